The molecule has 1 aromatic heterocycles. The van der Waals surface area contributed by atoms with Crippen LogP contribution in [0.3, 0.4) is 0 Å². The first-order valence-electron chi connectivity index (χ1n) is 7.46. The summed E-state index contributed by atoms with van der Waals surface area (Å²) in [6.45, 7) is 0.888. The minimum absolute atomic E-state index is 0.0446. The summed E-state index contributed by atoms with van der Waals surface area (Å²) in [4.78, 5) is 36.2. The molecule has 1 aromatic rings. The minimum Gasteiger partial charge on any atom is -0.479 e. The third-order valence-electron chi connectivity index (χ3n) is 3.98. The van der Waals surface area contributed by atoms with E-state index in [1.807, 2.05) is 5.38 Å². The maximum Gasteiger partial charge on any atom is 0.335 e. The highest BCUT2D eigenvalue weighted by Gasteiger charge is 2.40. The van der Waals surface area contributed by atoms with Crippen LogP contribution >= 0.6 is 11.3 Å². The molecule has 1 saturated heterocycles. The number of carbonyl (C=O) groups is 3. The number of likely N-dealkylation sites (tertiary alicyclic amines) is 1. The largest absolute Gasteiger partial charge is 0.479 e. The number of hydrogen-bond donors (Lipinski definition) is 3. The molecule has 0 aromatic carbocycles. The smallest absolute Gasteiger partial charge is 0.335 e. The average Bonchev–Trinajstić information content (AvgIpc) is 3.06. The van der Waals surface area contributed by atoms with Crippen LogP contribution < -0.4 is 5.32 Å². The molecule has 1 aliphatic rings. The zero-order chi connectivity index (χ0) is 16.9. The molecule has 0 spiro atoms. The van der Waals surface area contributed by atoms with Crippen molar-refractivity contribution in [2.24, 2.45) is 0 Å². The number of carboxylic acid groups (broad SMARTS) is 1. The lowest BCUT2D eigenvalue weighted by Gasteiger charge is -2.35. The monoisotopic (exact) mass is 340 g/mol. The van der Waals surface area contributed by atoms with E-state index < -0.39 is 11.6 Å². The van der Waals surface area contributed by atoms with E-state index in [9.17, 15) is 19.5 Å². The van der Waals surface area contributed by atoms with Crippen LogP contribution in [0.15, 0.2) is 16.8 Å². The Balaban J connectivity index is 1.66. The zero-order valence-corrected chi connectivity index (χ0v) is 13.5. The molecule has 23 heavy (non-hydrogen) atoms. The zero-order valence-electron chi connectivity index (χ0n) is 12.7. The van der Waals surface area contributed by atoms with Crippen molar-refractivity contribution >= 4 is 29.1 Å². The Hall–Kier alpha value is -1.93. The molecule has 126 valence electrons. The second-order valence-corrected chi connectivity index (χ2v) is 6.37. The van der Waals surface area contributed by atoms with Gasteiger partial charge in [-0.3, -0.25) is 9.59 Å². The maximum atomic E-state index is 12.0. The highest BCUT2D eigenvalue weighted by Crippen LogP contribution is 2.22. The molecule has 0 unspecified atom stereocenters. The number of nitrogens with zero attached hydrogens (tertiary/aromatic N) is 1. The van der Waals surface area contributed by atoms with Crippen LogP contribution in [0.2, 0.25) is 0 Å². The van der Waals surface area contributed by atoms with Crippen LogP contribution in [0.1, 0.15) is 36.0 Å². The number of carboxylic acids is 1. The molecular weight excluding hydrogens is 320 g/mol. The number of thiophene rings is 1. The van der Waals surface area contributed by atoms with E-state index in [0.29, 0.717) is 18.5 Å². The lowest BCUT2D eigenvalue weighted by atomic mass is 9.91. The van der Waals surface area contributed by atoms with Gasteiger partial charge in [-0.2, -0.15) is 11.3 Å². The van der Waals surface area contributed by atoms with Gasteiger partial charge in [-0.25, -0.2) is 4.79 Å². The number of aliphatic hydroxyl groups is 1. The summed E-state index contributed by atoms with van der Waals surface area (Å²) in [6, 6.07) is 1.74. The molecule has 2 heterocycles. The lowest BCUT2D eigenvalue weighted by Crippen LogP contribution is -2.50. The van der Waals surface area contributed by atoms with E-state index in [1.54, 1.807) is 16.3 Å². The van der Waals surface area contributed by atoms with Gasteiger partial charge in [0.1, 0.15) is 0 Å². The molecule has 2 amide bonds. The SMILES string of the molecule is O=C(NCCCC(=O)N1CCC(O)(C(=O)O)CC1)c1ccsc1. The van der Waals surface area contributed by atoms with Crippen molar-refractivity contribution in [3.8, 4) is 0 Å². The normalized spacial score (nSPS) is 16.8. The van der Waals surface area contributed by atoms with Gasteiger partial charge in [0, 0.05) is 49.8 Å². The number of hydrogen-bond acceptors (Lipinski definition) is 5. The topological polar surface area (TPSA) is 107 Å². The Kier molecular flexibility index (Phi) is 5.73. The number of aliphatic carboxylic acids is 1. The van der Waals surface area contributed by atoms with Gasteiger partial charge in [0.25, 0.3) is 5.91 Å². The van der Waals surface area contributed by atoms with Crippen molar-refractivity contribution in [1.29, 1.82) is 0 Å². The Morgan fingerprint density at radius 3 is 2.57 bits per heavy atom. The first kappa shape index (κ1) is 17.4. The van der Waals surface area contributed by atoms with Crippen LogP contribution in [0, 0.1) is 0 Å². The highest BCUT2D eigenvalue weighted by atomic mass is 32.1. The van der Waals surface area contributed by atoms with E-state index in [1.165, 1.54) is 11.3 Å². The van der Waals surface area contributed by atoms with Gasteiger partial charge in [0.15, 0.2) is 5.60 Å². The van der Waals surface area contributed by atoms with Crippen LogP contribution in [0.4, 0.5) is 0 Å². The van der Waals surface area contributed by atoms with Crippen molar-refractivity contribution in [3.63, 3.8) is 0 Å². The van der Waals surface area contributed by atoms with Crippen LogP contribution in [0.25, 0.3) is 0 Å². The standard InChI is InChI=1S/C15H20N2O5S/c18-12(17-7-4-15(22,5-8-17)14(20)21)2-1-6-16-13(19)11-3-9-23-10-11/h3,9-10,22H,1-2,4-8H2,(H,16,19)(H,20,21). The van der Waals surface area contributed by atoms with Gasteiger partial charge < -0.3 is 20.4 Å². The summed E-state index contributed by atoms with van der Waals surface area (Å²) < 4.78 is 0. The lowest BCUT2D eigenvalue weighted by molar-refractivity contribution is -0.165. The number of piperidine rings is 1. The first-order chi connectivity index (χ1) is 10.9. The maximum absolute atomic E-state index is 12.0. The van der Waals surface area contributed by atoms with Crippen LogP contribution in [-0.2, 0) is 9.59 Å². The van der Waals surface area contributed by atoms with E-state index in [4.69, 9.17) is 5.11 Å². The summed E-state index contributed by atoms with van der Waals surface area (Å²) in [5, 5.41) is 25.1. The van der Waals surface area contributed by atoms with Crippen molar-refractivity contribution in [3.05, 3.63) is 22.4 Å². The van der Waals surface area contributed by atoms with Crippen molar-refractivity contribution < 1.29 is 24.6 Å². The third-order valence-corrected chi connectivity index (χ3v) is 4.66. The minimum atomic E-state index is -1.72. The predicted molar refractivity (Wildman–Crippen MR) is 84.3 cm³/mol. The molecule has 0 bridgehead atoms. The third kappa shape index (κ3) is 4.52. The molecule has 0 saturated carbocycles. The van der Waals surface area contributed by atoms with Crippen molar-refractivity contribution in [2.75, 3.05) is 19.6 Å². The quantitative estimate of drug-likeness (QED) is 0.661. The number of amides is 2. The van der Waals surface area contributed by atoms with E-state index in [2.05, 4.69) is 5.32 Å². The number of carbonyl (C=O) groups excluding carboxylic acids is 2. The van der Waals surface area contributed by atoms with Gasteiger partial charge in [-0.1, -0.05) is 0 Å². The Labute approximate surface area is 137 Å². The molecule has 8 heteroatoms. The van der Waals surface area contributed by atoms with Gasteiger partial charge in [-0.05, 0) is 17.9 Å². The second-order valence-electron chi connectivity index (χ2n) is 5.59. The van der Waals surface area contributed by atoms with Gasteiger partial charge >= 0.3 is 5.97 Å². The Morgan fingerprint density at radius 1 is 1.30 bits per heavy atom. The number of nitrogens with one attached hydrogen (secondary N) is 1. The molecule has 7 nitrogen and oxygen atoms in total. The highest BCUT2D eigenvalue weighted by molar-refractivity contribution is 7.08. The Bertz CT molecular complexity index is 564. The van der Waals surface area contributed by atoms with Gasteiger partial charge in [0.05, 0.1) is 0 Å². The molecule has 2 rings (SSSR count). The van der Waals surface area contributed by atoms with Crippen LogP contribution in [-0.4, -0.2) is 58.1 Å². The summed E-state index contributed by atoms with van der Waals surface area (Å²) >= 11 is 1.45. The van der Waals surface area contributed by atoms with Gasteiger partial charge in [-0.15, -0.1) is 0 Å². The van der Waals surface area contributed by atoms with Crippen molar-refractivity contribution in [2.45, 2.75) is 31.3 Å². The molecule has 1 fully saturated rings. The van der Waals surface area contributed by atoms with Crippen LogP contribution in [0.5, 0.6) is 0 Å². The fraction of sp³-hybridized carbons (Fsp3) is 0.533. The van der Waals surface area contributed by atoms with Gasteiger partial charge in [0.2, 0.25) is 5.91 Å². The Morgan fingerprint density at radius 2 is 2.00 bits per heavy atom. The summed E-state index contributed by atoms with van der Waals surface area (Å²) in [5.41, 5.74) is -1.10. The van der Waals surface area contributed by atoms with E-state index in [-0.39, 0.29) is 44.2 Å². The average molecular weight is 340 g/mol. The molecule has 0 radical (unpaired) electrons. The summed E-state index contributed by atoms with van der Waals surface area (Å²) in [7, 11) is 0. The summed E-state index contributed by atoms with van der Waals surface area (Å²) in [5.74, 6) is -1.47. The molecule has 1 aliphatic heterocycles. The molecule has 0 aliphatic carbocycles. The predicted octanol–water partition coefficient (Wildman–Crippen LogP) is 0.696. The number of rotatable bonds is 6. The van der Waals surface area contributed by atoms with E-state index in [0.717, 1.165) is 0 Å². The van der Waals surface area contributed by atoms with E-state index >= 15 is 0 Å². The molecule has 3 N–H and O–H groups in total. The van der Waals surface area contributed by atoms with Crippen molar-refractivity contribution in [1.82, 2.24) is 10.2 Å². The fourth-order valence-corrected chi connectivity index (χ4v) is 3.07. The molecule has 0 atom stereocenters. The summed E-state index contributed by atoms with van der Waals surface area (Å²) in [6.07, 6.45) is 0.899. The first-order valence-corrected chi connectivity index (χ1v) is 8.40. The second kappa shape index (κ2) is 7.56. The fourth-order valence-electron chi connectivity index (χ4n) is 2.44. The molecular formula is C15H20N2O5S.